The van der Waals surface area contributed by atoms with E-state index in [1.807, 2.05) is 38.1 Å². The summed E-state index contributed by atoms with van der Waals surface area (Å²) in [6.45, 7) is 4.67. The Balaban J connectivity index is 1.64. The average Bonchev–Trinajstić information content (AvgIpc) is 2.80. The highest BCUT2D eigenvalue weighted by atomic mass is 35.5. The number of rotatable bonds is 9. The third-order valence-electron chi connectivity index (χ3n) is 4.63. The molecule has 6 nitrogen and oxygen atoms in total. The summed E-state index contributed by atoms with van der Waals surface area (Å²) in [6, 6.07) is 16.2. The summed E-state index contributed by atoms with van der Waals surface area (Å²) < 4.78 is 16.5. The molecule has 0 bridgehead atoms. The molecule has 0 saturated carbocycles. The normalized spacial score (nSPS) is 10.8. The van der Waals surface area contributed by atoms with Crippen LogP contribution in [0.2, 0.25) is 10.0 Å². The number of nitrogens with one attached hydrogen (secondary N) is 1. The zero-order chi connectivity index (χ0) is 23.8. The molecule has 0 heterocycles. The molecule has 1 N–H and O–H groups in total. The molecule has 33 heavy (non-hydrogen) atoms. The quantitative estimate of drug-likeness (QED) is 0.295. The van der Waals surface area contributed by atoms with Crippen LogP contribution < -0.4 is 19.6 Å². The second-order valence-corrected chi connectivity index (χ2v) is 7.90. The van der Waals surface area contributed by atoms with Gasteiger partial charge in [0, 0.05) is 5.56 Å². The van der Waals surface area contributed by atoms with Crippen molar-refractivity contribution in [2.75, 3.05) is 13.7 Å². The molecule has 0 saturated heterocycles. The Bertz CT molecular complexity index is 1120. The Morgan fingerprint density at radius 3 is 2.33 bits per heavy atom. The second-order valence-electron chi connectivity index (χ2n) is 7.09. The number of carbonyl (C=O) groups is 1. The van der Waals surface area contributed by atoms with Crippen molar-refractivity contribution in [1.29, 1.82) is 0 Å². The Morgan fingerprint density at radius 1 is 1.00 bits per heavy atom. The fourth-order valence-corrected chi connectivity index (χ4v) is 3.56. The molecular formula is C25H24Cl2N2O4. The van der Waals surface area contributed by atoms with E-state index in [2.05, 4.69) is 10.5 Å². The van der Waals surface area contributed by atoms with Gasteiger partial charge in [0.1, 0.15) is 6.61 Å². The van der Waals surface area contributed by atoms with Gasteiger partial charge in [-0.05, 0) is 55.3 Å². The zero-order valence-corrected chi connectivity index (χ0v) is 20.0. The molecule has 0 aromatic heterocycles. The number of methoxy groups -OCH3 is 1. The summed E-state index contributed by atoms with van der Waals surface area (Å²) in [4.78, 5) is 12.4. The topological polar surface area (TPSA) is 69.2 Å². The molecule has 0 radical (unpaired) electrons. The van der Waals surface area contributed by atoms with Gasteiger partial charge in [-0.3, -0.25) is 4.79 Å². The van der Waals surface area contributed by atoms with E-state index in [0.717, 1.165) is 5.56 Å². The van der Waals surface area contributed by atoms with Crippen LogP contribution in [-0.2, 0) is 6.61 Å². The number of carbonyl (C=O) groups excluding carboxylic acids is 1. The van der Waals surface area contributed by atoms with Crippen LogP contribution in [0.15, 0.2) is 59.7 Å². The van der Waals surface area contributed by atoms with Gasteiger partial charge in [0.15, 0.2) is 17.2 Å². The highest BCUT2D eigenvalue weighted by molar-refractivity contribution is 6.37. The summed E-state index contributed by atoms with van der Waals surface area (Å²) in [5.41, 5.74) is 5.65. The molecule has 0 atom stereocenters. The van der Waals surface area contributed by atoms with Gasteiger partial charge in [-0.25, -0.2) is 5.43 Å². The van der Waals surface area contributed by atoms with Gasteiger partial charge in [-0.1, -0.05) is 53.0 Å². The minimum atomic E-state index is -0.398. The largest absolute Gasteiger partial charge is 0.493 e. The van der Waals surface area contributed by atoms with E-state index in [1.165, 1.54) is 18.9 Å². The summed E-state index contributed by atoms with van der Waals surface area (Å²) in [5.74, 6) is 1.02. The zero-order valence-electron chi connectivity index (χ0n) is 18.5. The summed E-state index contributed by atoms with van der Waals surface area (Å²) in [6.07, 6.45) is 1.45. The molecule has 0 unspecified atom stereocenters. The lowest BCUT2D eigenvalue weighted by Crippen LogP contribution is -2.17. The van der Waals surface area contributed by atoms with Crippen LogP contribution in [0, 0.1) is 6.92 Å². The number of hydrazone groups is 1. The van der Waals surface area contributed by atoms with E-state index in [4.69, 9.17) is 37.4 Å². The average molecular weight is 487 g/mol. The van der Waals surface area contributed by atoms with Gasteiger partial charge in [0.25, 0.3) is 5.91 Å². The van der Waals surface area contributed by atoms with Gasteiger partial charge < -0.3 is 14.2 Å². The Labute approximate surface area is 203 Å². The van der Waals surface area contributed by atoms with Gasteiger partial charge in [-0.15, -0.1) is 0 Å². The van der Waals surface area contributed by atoms with Crippen molar-refractivity contribution < 1.29 is 19.0 Å². The number of hydrogen-bond donors (Lipinski definition) is 1. The van der Waals surface area contributed by atoms with E-state index in [0.29, 0.717) is 51.6 Å². The fraction of sp³-hybridized carbons (Fsp3) is 0.200. The fourth-order valence-electron chi connectivity index (χ4n) is 2.95. The van der Waals surface area contributed by atoms with Gasteiger partial charge in [-0.2, -0.15) is 5.10 Å². The Kier molecular flexibility index (Phi) is 8.58. The van der Waals surface area contributed by atoms with Crippen molar-refractivity contribution >= 4 is 35.3 Å². The summed E-state index contributed by atoms with van der Waals surface area (Å²) in [5, 5.41) is 4.69. The minimum absolute atomic E-state index is 0.342. The van der Waals surface area contributed by atoms with Crippen LogP contribution in [0.5, 0.6) is 17.2 Å². The van der Waals surface area contributed by atoms with Crippen molar-refractivity contribution in [1.82, 2.24) is 5.43 Å². The summed E-state index contributed by atoms with van der Waals surface area (Å²) >= 11 is 12.7. The van der Waals surface area contributed by atoms with Crippen molar-refractivity contribution in [2.45, 2.75) is 20.5 Å². The van der Waals surface area contributed by atoms with Crippen molar-refractivity contribution in [3.8, 4) is 17.2 Å². The molecule has 0 spiro atoms. The maximum Gasteiger partial charge on any atom is 0.271 e. The monoisotopic (exact) mass is 486 g/mol. The maximum absolute atomic E-state index is 12.4. The molecule has 3 aromatic rings. The first-order valence-electron chi connectivity index (χ1n) is 10.2. The number of halogens is 2. The van der Waals surface area contributed by atoms with Crippen molar-refractivity contribution in [2.24, 2.45) is 5.10 Å². The van der Waals surface area contributed by atoms with E-state index >= 15 is 0 Å². The standard InChI is InChI=1S/C25H24Cl2N2O4/c1-4-32-23-13-19(9-10-22(23)31-3)25(30)29-28-14-18-11-20(26)24(21(27)12-18)33-15-17-7-5-16(2)6-8-17/h5-14H,4,15H2,1-3H3,(H,29,30)/b28-14+. The number of ether oxygens (including phenoxy) is 3. The van der Waals surface area contributed by atoms with Crippen LogP contribution in [0.3, 0.4) is 0 Å². The first-order chi connectivity index (χ1) is 15.9. The number of amides is 1. The molecule has 172 valence electrons. The molecule has 1 amide bonds. The van der Waals surface area contributed by atoms with Crippen LogP contribution in [0.25, 0.3) is 0 Å². The summed E-state index contributed by atoms with van der Waals surface area (Å²) in [7, 11) is 1.54. The van der Waals surface area contributed by atoms with E-state index in [-0.39, 0.29) is 0 Å². The molecule has 0 aliphatic rings. The molecule has 0 aliphatic heterocycles. The molecule has 0 aliphatic carbocycles. The predicted molar refractivity (Wildman–Crippen MR) is 131 cm³/mol. The van der Waals surface area contributed by atoms with Gasteiger partial charge in [0.05, 0.1) is 30.0 Å². The van der Waals surface area contributed by atoms with E-state index in [1.54, 1.807) is 30.3 Å². The predicted octanol–water partition coefficient (Wildman–Crippen LogP) is 6.05. The maximum atomic E-state index is 12.4. The van der Waals surface area contributed by atoms with Crippen molar-refractivity contribution in [3.05, 3.63) is 86.9 Å². The van der Waals surface area contributed by atoms with Crippen LogP contribution >= 0.6 is 23.2 Å². The number of aryl methyl sites for hydroxylation is 1. The Hall–Kier alpha value is -3.22. The van der Waals surface area contributed by atoms with Crippen LogP contribution in [0.1, 0.15) is 34.0 Å². The molecule has 0 fully saturated rings. The highest BCUT2D eigenvalue weighted by Crippen LogP contribution is 2.34. The lowest BCUT2D eigenvalue weighted by atomic mass is 10.2. The smallest absolute Gasteiger partial charge is 0.271 e. The van der Waals surface area contributed by atoms with E-state index in [9.17, 15) is 4.79 Å². The second kappa shape index (κ2) is 11.6. The first-order valence-corrected chi connectivity index (χ1v) is 11.0. The van der Waals surface area contributed by atoms with Crippen molar-refractivity contribution in [3.63, 3.8) is 0 Å². The van der Waals surface area contributed by atoms with Gasteiger partial charge >= 0.3 is 0 Å². The molecule has 3 aromatic carbocycles. The number of benzene rings is 3. The van der Waals surface area contributed by atoms with E-state index < -0.39 is 5.91 Å². The van der Waals surface area contributed by atoms with Crippen LogP contribution in [0.4, 0.5) is 0 Å². The minimum Gasteiger partial charge on any atom is -0.493 e. The first kappa shape index (κ1) is 24.4. The Morgan fingerprint density at radius 2 is 1.70 bits per heavy atom. The molecule has 8 heteroatoms. The number of hydrogen-bond acceptors (Lipinski definition) is 5. The highest BCUT2D eigenvalue weighted by Gasteiger charge is 2.12. The molecule has 3 rings (SSSR count). The third-order valence-corrected chi connectivity index (χ3v) is 5.19. The third kappa shape index (κ3) is 6.63. The van der Waals surface area contributed by atoms with Crippen LogP contribution in [-0.4, -0.2) is 25.8 Å². The number of nitrogens with zero attached hydrogens (tertiary/aromatic N) is 1. The van der Waals surface area contributed by atoms with Gasteiger partial charge in [0.2, 0.25) is 0 Å². The molecular weight excluding hydrogens is 463 g/mol. The lowest BCUT2D eigenvalue weighted by Gasteiger charge is -2.11. The lowest BCUT2D eigenvalue weighted by molar-refractivity contribution is 0.0954. The SMILES string of the molecule is CCOc1cc(C(=O)N/N=C/c2cc(Cl)c(OCc3ccc(C)cc3)c(Cl)c2)ccc1OC.